The number of nitrogens with one attached hydrogen (secondary N) is 2. The van der Waals surface area contributed by atoms with Crippen LogP contribution in [-0.4, -0.2) is 89.6 Å². The number of halogens is 1. The molecule has 0 spiro atoms. The van der Waals surface area contributed by atoms with E-state index in [-0.39, 0.29) is 30.1 Å². The molecule has 0 amide bonds. The number of thioether (sulfide) groups is 1. The molecule has 10 heteroatoms. The highest BCUT2D eigenvalue weighted by molar-refractivity contribution is 14.0. The van der Waals surface area contributed by atoms with Crippen LogP contribution in [0.2, 0.25) is 0 Å². The van der Waals surface area contributed by atoms with Gasteiger partial charge in [0.1, 0.15) is 12.2 Å². The number of ether oxygens (including phenoxy) is 1. The molecule has 1 unspecified atom stereocenters. The van der Waals surface area contributed by atoms with E-state index in [0.717, 1.165) is 76.3 Å². The molecule has 174 valence electrons. The number of guanidine groups is 1. The minimum absolute atomic E-state index is 0. The lowest BCUT2D eigenvalue weighted by atomic mass is 10.2. The van der Waals surface area contributed by atoms with Crippen molar-refractivity contribution in [3.8, 4) is 0 Å². The molecule has 0 saturated carbocycles. The topological polar surface area (TPSA) is 79.6 Å². The molecule has 0 aromatic carbocycles. The Morgan fingerprint density at radius 1 is 1.37 bits per heavy atom. The molecule has 0 bridgehead atoms. The van der Waals surface area contributed by atoms with Gasteiger partial charge in [-0.05, 0) is 24.3 Å². The van der Waals surface area contributed by atoms with Crippen LogP contribution in [0, 0.1) is 5.92 Å². The predicted octanol–water partition coefficient (Wildman–Crippen LogP) is 2.10. The fourth-order valence-corrected chi connectivity index (χ4v) is 3.83. The van der Waals surface area contributed by atoms with Crippen LogP contribution in [0.3, 0.4) is 0 Å². The first-order valence-electron chi connectivity index (χ1n) is 10.8. The van der Waals surface area contributed by atoms with Gasteiger partial charge in [0.25, 0.3) is 0 Å². The van der Waals surface area contributed by atoms with Gasteiger partial charge < -0.3 is 19.9 Å². The first-order chi connectivity index (χ1) is 14.1. The molecule has 0 radical (unpaired) electrons. The van der Waals surface area contributed by atoms with Crippen molar-refractivity contribution < 1.29 is 4.74 Å². The summed E-state index contributed by atoms with van der Waals surface area (Å²) in [6.07, 6.45) is 6.11. The molecule has 1 aromatic heterocycles. The zero-order chi connectivity index (χ0) is 20.9. The summed E-state index contributed by atoms with van der Waals surface area (Å²) >= 11 is 1.87. The highest BCUT2D eigenvalue weighted by atomic mass is 127. The van der Waals surface area contributed by atoms with E-state index in [1.54, 1.807) is 6.33 Å². The molecule has 2 heterocycles. The molecule has 1 aliphatic rings. The van der Waals surface area contributed by atoms with Crippen LogP contribution < -0.4 is 10.6 Å². The lowest BCUT2D eigenvalue weighted by Crippen LogP contribution is -2.46. The molecule has 1 fully saturated rings. The Morgan fingerprint density at radius 2 is 2.17 bits per heavy atom. The number of hydrogen-bond acceptors (Lipinski definition) is 6. The van der Waals surface area contributed by atoms with Crippen molar-refractivity contribution in [3.05, 3.63) is 12.2 Å². The normalized spacial score (nSPS) is 17.8. The summed E-state index contributed by atoms with van der Waals surface area (Å²) in [5, 5.41) is 15.1. The zero-order valence-electron chi connectivity index (χ0n) is 19.0. The van der Waals surface area contributed by atoms with Crippen LogP contribution in [0.25, 0.3) is 0 Å². The fraction of sp³-hybridized carbons (Fsp3) is 0.850. The van der Waals surface area contributed by atoms with Gasteiger partial charge in [-0.1, -0.05) is 20.8 Å². The average Bonchev–Trinajstić information content (AvgIpc) is 3.16. The molecule has 1 aromatic rings. The molecule has 0 aliphatic carbocycles. The Balaban J connectivity index is 0.00000450. The number of aromatic nitrogens is 3. The minimum Gasteiger partial charge on any atom is -0.374 e. The molecule has 1 saturated heterocycles. The first kappa shape index (κ1) is 27.4. The number of aliphatic imine (C=N–C) groups is 1. The number of morpholine rings is 1. The number of hydrogen-bond donors (Lipinski definition) is 2. The van der Waals surface area contributed by atoms with Crippen molar-refractivity contribution in [2.75, 3.05) is 57.9 Å². The Labute approximate surface area is 203 Å². The molecule has 2 rings (SSSR count). The maximum Gasteiger partial charge on any atom is 0.191 e. The molecular formula is C20H40IN7OS. The summed E-state index contributed by atoms with van der Waals surface area (Å²) in [6, 6.07) is 0. The van der Waals surface area contributed by atoms with Gasteiger partial charge in [-0.3, -0.25) is 9.89 Å². The Kier molecular flexibility index (Phi) is 14.7. The molecule has 1 aliphatic heterocycles. The number of rotatable bonds is 12. The van der Waals surface area contributed by atoms with E-state index in [1.165, 1.54) is 0 Å². The second kappa shape index (κ2) is 16.1. The standard InChI is InChI=1S/C20H39N7OS.HI/c1-5-19-25-24-16-27(19)9-8-22-20(21-7-6-12-29-4)23-13-18-15-26(10-11-28-18)14-17(2)3;/h16-18H,5-15H2,1-4H3,(H2,21,22,23);1H. The van der Waals surface area contributed by atoms with Crippen LogP contribution in [0.15, 0.2) is 11.3 Å². The van der Waals surface area contributed by atoms with Crippen molar-refractivity contribution in [1.29, 1.82) is 0 Å². The maximum atomic E-state index is 5.95. The highest BCUT2D eigenvalue weighted by Gasteiger charge is 2.20. The van der Waals surface area contributed by atoms with E-state index < -0.39 is 0 Å². The first-order valence-corrected chi connectivity index (χ1v) is 12.2. The summed E-state index contributed by atoms with van der Waals surface area (Å²) < 4.78 is 8.04. The molecular weight excluding hydrogens is 513 g/mol. The maximum absolute atomic E-state index is 5.95. The van der Waals surface area contributed by atoms with E-state index in [9.17, 15) is 0 Å². The van der Waals surface area contributed by atoms with Gasteiger partial charge in [0.15, 0.2) is 5.96 Å². The Bertz CT molecular complexity index is 599. The molecule has 2 N–H and O–H groups in total. The quantitative estimate of drug-likeness (QED) is 0.178. The monoisotopic (exact) mass is 553 g/mol. The second-order valence-electron chi connectivity index (χ2n) is 7.83. The van der Waals surface area contributed by atoms with Crippen molar-refractivity contribution in [3.63, 3.8) is 0 Å². The summed E-state index contributed by atoms with van der Waals surface area (Å²) in [7, 11) is 0. The van der Waals surface area contributed by atoms with E-state index in [1.807, 2.05) is 11.8 Å². The van der Waals surface area contributed by atoms with Crippen LogP contribution in [0.5, 0.6) is 0 Å². The predicted molar refractivity (Wildman–Crippen MR) is 137 cm³/mol. The van der Waals surface area contributed by atoms with Crippen molar-refractivity contribution in [2.24, 2.45) is 10.9 Å². The van der Waals surface area contributed by atoms with Gasteiger partial charge in [-0.2, -0.15) is 11.8 Å². The van der Waals surface area contributed by atoms with Crippen molar-refractivity contribution in [1.82, 2.24) is 30.3 Å². The largest absolute Gasteiger partial charge is 0.374 e. The van der Waals surface area contributed by atoms with Gasteiger partial charge >= 0.3 is 0 Å². The summed E-state index contributed by atoms with van der Waals surface area (Å²) in [5.74, 6) is 3.70. The molecule has 8 nitrogen and oxygen atoms in total. The second-order valence-corrected chi connectivity index (χ2v) is 8.82. The third-order valence-corrected chi connectivity index (χ3v) is 5.47. The third kappa shape index (κ3) is 10.6. The van der Waals surface area contributed by atoms with Crippen LogP contribution in [-0.2, 0) is 17.7 Å². The summed E-state index contributed by atoms with van der Waals surface area (Å²) in [5.41, 5.74) is 0. The summed E-state index contributed by atoms with van der Waals surface area (Å²) in [6.45, 7) is 13.7. The number of aryl methyl sites for hydroxylation is 1. The van der Waals surface area contributed by atoms with Crippen molar-refractivity contribution >= 4 is 41.7 Å². The van der Waals surface area contributed by atoms with E-state index in [4.69, 9.17) is 9.73 Å². The third-order valence-electron chi connectivity index (χ3n) is 4.77. The van der Waals surface area contributed by atoms with E-state index in [2.05, 4.69) is 57.3 Å². The zero-order valence-corrected chi connectivity index (χ0v) is 22.1. The smallest absolute Gasteiger partial charge is 0.191 e. The minimum atomic E-state index is 0. The fourth-order valence-electron chi connectivity index (χ4n) is 3.40. The van der Waals surface area contributed by atoms with Crippen LogP contribution >= 0.6 is 35.7 Å². The lowest BCUT2D eigenvalue weighted by molar-refractivity contribution is -0.0261. The van der Waals surface area contributed by atoms with Crippen LogP contribution in [0.1, 0.15) is 33.0 Å². The Hall–Kier alpha value is -0.590. The lowest BCUT2D eigenvalue weighted by Gasteiger charge is -2.33. The van der Waals surface area contributed by atoms with E-state index >= 15 is 0 Å². The number of nitrogens with zero attached hydrogens (tertiary/aromatic N) is 5. The van der Waals surface area contributed by atoms with Gasteiger partial charge in [0.05, 0.1) is 19.3 Å². The highest BCUT2D eigenvalue weighted by Crippen LogP contribution is 2.08. The van der Waals surface area contributed by atoms with Gasteiger partial charge in [0, 0.05) is 45.7 Å². The molecule has 1 atom stereocenters. The van der Waals surface area contributed by atoms with E-state index in [0.29, 0.717) is 12.5 Å². The summed E-state index contributed by atoms with van der Waals surface area (Å²) in [4.78, 5) is 7.31. The average molecular weight is 554 g/mol. The SMILES string of the molecule is CCc1nncn1CCNC(=NCC1CN(CC(C)C)CCO1)NCCCSC.I. The van der Waals surface area contributed by atoms with Gasteiger partial charge in [-0.15, -0.1) is 34.2 Å². The molecule has 30 heavy (non-hydrogen) atoms. The van der Waals surface area contributed by atoms with Gasteiger partial charge in [-0.25, -0.2) is 0 Å². The van der Waals surface area contributed by atoms with Crippen LogP contribution in [0.4, 0.5) is 0 Å². The Morgan fingerprint density at radius 3 is 2.90 bits per heavy atom. The van der Waals surface area contributed by atoms with Crippen molar-refractivity contribution in [2.45, 2.75) is 46.3 Å². The van der Waals surface area contributed by atoms with Gasteiger partial charge in [0.2, 0.25) is 0 Å².